The van der Waals surface area contributed by atoms with Crippen molar-refractivity contribution >= 4 is 38.6 Å². The number of nitrogens with one attached hydrogen (secondary N) is 1. The summed E-state index contributed by atoms with van der Waals surface area (Å²) in [5.74, 6) is -0.720. The smallest absolute Gasteiger partial charge is 0.354 e. The van der Waals surface area contributed by atoms with Crippen molar-refractivity contribution in [2.24, 2.45) is 0 Å². The number of methoxy groups -OCH3 is 1. The Bertz CT molecular complexity index is 846. The maximum absolute atomic E-state index is 12.4. The number of aryl methyl sites for hydroxylation is 1. The zero-order chi connectivity index (χ0) is 18.3. The molecule has 0 aliphatic heterocycles. The Labute approximate surface area is 161 Å². The van der Waals surface area contributed by atoms with Crippen molar-refractivity contribution < 1.29 is 17.9 Å². The third kappa shape index (κ3) is 5.86. The fourth-order valence-corrected chi connectivity index (χ4v) is 3.55. The highest BCUT2D eigenvalue weighted by Crippen LogP contribution is 2.14. The lowest BCUT2D eigenvalue weighted by Crippen LogP contribution is -2.28. The first kappa shape index (κ1) is 19.5. The van der Waals surface area contributed by atoms with Crippen LogP contribution in [0.3, 0.4) is 0 Å². The van der Waals surface area contributed by atoms with Gasteiger partial charge in [0.05, 0.1) is 12.0 Å². The summed E-state index contributed by atoms with van der Waals surface area (Å²) in [6, 6.07) is 16.1. The zero-order valence-corrected chi connectivity index (χ0v) is 16.6. The van der Waals surface area contributed by atoms with E-state index in [4.69, 9.17) is 0 Å². The molecular weight excluding hydrogens is 453 g/mol. The molecule has 0 fully saturated rings. The summed E-state index contributed by atoms with van der Waals surface area (Å²) in [5.41, 5.74) is 1.01. The second-order valence-corrected chi connectivity index (χ2v) is 8.12. The number of hydrogen-bond acceptors (Lipinski definition) is 4. The molecule has 0 unspecified atom stereocenters. The summed E-state index contributed by atoms with van der Waals surface area (Å²) in [5, 5.41) is 0. The summed E-state index contributed by atoms with van der Waals surface area (Å²) in [7, 11) is -2.63. The van der Waals surface area contributed by atoms with Crippen LogP contribution in [0.4, 0.5) is 0 Å². The fraction of sp³-hybridized carbons (Fsp3) is 0.167. The van der Waals surface area contributed by atoms with E-state index in [1.807, 2.05) is 30.3 Å². The van der Waals surface area contributed by atoms with E-state index in [0.717, 1.165) is 9.13 Å². The predicted octanol–water partition coefficient (Wildman–Crippen LogP) is 3.26. The van der Waals surface area contributed by atoms with E-state index in [2.05, 4.69) is 32.0 Å². The summed E-state index contributed by atoms with van der Waals surface area (Å²) in [6.07, 6.45) is 2.74. The van der Waals surface area contributed by atoms with Gasteiger partial charge >= 0.3 is 5.97 Å². The molecule has 2 rings (SSSR count). The number of allylic oxidation sites excluding steroid dienone is 1. The Morgan fingerprint density at radius 2 is 1.76 bits per heavy atom. The van der Waals surface area contributed by atoms with E-state index in [0.29, 0.717) is 12.8 Å². The third-order valence-electron chi connectivity index (χ3n) is 3.40. The number of rotatable bonds is 7. The van der Waals surface area contributed by atoms with Gasteiger partial charge in [-0.25, -0.2) is 13.2 Å². The number of hydrogen-bond donors (Lipinski definition) is 1. The first-order chi connectivity index (χ1) is 11.9. The average molecular weight is 471 g/mol. The van der Waals surface area contributed by atoms with Crippen LogP contribution in [0.2, 0.25) is 0 Å². The van der Waals surface area contributed by atoms with E-state index in [1.54, 1.807) is 18.2 Å². The predicted molar refractivity (Wildman–Crippen MR) is 104 cm³/mol. The van der Waals surface area contributed by atoms with Crippen molar-refractivity contribution in [3.63, 3.8) is 0 Å². The number of benzene rings is 2. The molecule has 1 N–H and O–H groups in total. The Morgan fingerprint density at radius 1 is 1.12 bits per heavy atom. The van der Waals surface area contributed by atoms with Crippen molar-refractivity contribution in [1.82, 2.24) is 4.72 Å². The number of ether oxygens (including phenoxy) is 1. The highest BCUT2D eigenvalue weighted by atomic mass is 127. The topological polar surface area (TPSA) is 72.5 Å². The fourth-order valence-electron chi connectivity index (χ4n) is 2.12. The molecular formula is C18H18INO4S. The number of halogens is 1. The molecule has 132 valence electrons. The summed E-state index contributed by atoms with van der Waals surface area (Å²) >= 11 is 2.09. The quantitative estimate of drug-likeness (QED) is 0.383. The highest BCUT2D eigenvalue weighted by molar-refractivity contribution is 14.1. The Morgan fingerprint density at radius 3 is 2.36 bits per heavy atom. The summed E-state index contributed by atoms with van der Waals surface area (Å²) in [4.78, 5) is 12.0. The molecule has 2 aromatic rings. The van der Waals surface area contributed by atoms with Gasteiger partial charge in [0.15, 0.2) is 0 Å². The van der Waals surface area contributed by atoms with Gasteiger partial charge in [-0.3, -0.25) is 4.72 Å². The van der Waals surface area contributed by atoms with Crippen molar-refractivity contribution in [1.29, 1.82) is 0 Å². The van der Waals surface area contributed by atoms with Gasteiger partial charge in [-0.2, -0.15) is 0 Å². The van der Waals surface area contributed by atoms with Gasteiger partial charge in [0.2, 0.25) is 0 Å². The van der Waals surface area contributed by atoms with Gasteiger partial charge in [0, 0.05) is 3.57 Å². The molecule has 0 saturated carbocycles. The molecule has 0 saturated heterocycles. The molecule has 5 nitrogen and oxygen atoms in total. The molecule has 25 heavy (non-hydrogen) atoms. The molecule has 7 heteroatoms. The van der Waals surface area contributed by atoms with Crippen LogP contribution in [-0.2, 0) is 26.0 Å². The number of carbonyl (C=O) groups is 1. The van der Waals surface area contributed by atoms with E-state index in [1.165, 1.54) is 19.2 Å². The van der Waals surface area contributed by atoms with Crippen LogP contribution in [0.1, 0.15) is 12.0 Å². The second kappa shape index (κ2) is 9.00. The minimum Gasteiger partial charge on any atom is -0.464 e. The van der Waals surface area contributed by atoms with E-state index >= 15 is 0 Å². The monoisotopic (exact) mass is 471 g/mol. The maximum Gasteiger partial charge on any atom is 0.354 e. The zero-order valence-electron chi connectivity index (χ0n) is 13.6. The van der Waals surface area contributed by atoms with Gasteiger partial charge in [-0.05, 0) is 65.3 Å². The molecule has 0 bridgehead atoms. The Balaban J connectivity index is 2.15. The molecule has 0 aliphatic rings. The number of carbonyl (C=O) groups excluding carboxylic acids is 1. The molecule has 0 aromatic heterocycles. The van der Waals surface area contributed by atoms with Gasteiger partial charge in [-0.15, -0.1) is 0 Å². The molecule has 0 amide bonds. The van der Waals surface area contributed by atoms with Gasteiger partial charge in [0.25, 0.3) is 10.0 Å². The molecule has 0 atom stereocenters. The van der Waals surface area contributed by atoms with Crippen LogP contribution in [-0.4, -0.2) is 21.5 Å². The third-order valence-corrected chi connectivity index (χ3v) is 5.50. The standard InChI is InChI=1S/C18H18INO4S/c1-24-18(21)17(9-5-8-14-6-3-2-4-7-14)20-25(22,23)16-12-10-15(19)11-13-16/h2-4,6-7,9-13,20H,5,8H2,1H3/b17-9+. The van der Waals surface area contributed by atoms with Crippen LogP contribution in [0.15, 0.2) is 71.3 Å². The van der Waals surface area contributed by atoms with Gasteiger partial charge in [0.1, 0.15) is 5.70 Å². The van der Waals surface area contributed by atoms with Crippen molar-refractivity contribution in [3.8, 4) is 0 Å². The van der Waals surface area contributed by atoms with E-state index < -0.39 is 16.0 Å². The van der Waals surface area contributed by atoms with Crippen LogP contribution in [0.5, 0.6) is 0 Å². The molecule has 0 radical (unpaired) electrons. The van der Waals surface area contributed by atoms with Gasteiger partial charge < -0.3 is 4.74 Å². The van der Waals surface area contributed by atoms with Crippen molar-refractivity contribution in [3.05, 3.63) is 75.5 Å². The van der Waals surface area contributed by atoms with Crippen molar-refractivity contribution in [2.75, 3.05) is 7.11 Å². The maximum atomic E-state index is 12.4. The molecule has 2 aromatic carbocycles. The number of esters is 1. The van der Waals surface area contributed by atoms with Crippen molar-refractivity contribution in [2.45, 2.75) is 17.7 Å². The summed E-state index contributed by atoms with van der Waals surface area (Å²) in [6.45, 7) is 0. The first-order valence-electron chi connectivity index (χ1n) is 7.53. The lowest BCUT2D eigenvalue weighted by Gasteiger charge is -2.10. The Hall–Kier alpha value is -1.87. The SMILES string of the molecule is COC(=O)/C(=C\CCc1ccccc1)NS(=O)(=O)c1ccc(I)cc1. The lowest BCUT2D eigenvalue weighted by molar-refractivity contribution is -0.136. The van der Waals surface area contributed by atoms with E-state index in [-0.39, 0.29) is 10.6 Å². The minimum absolute atomic E-state index is 0.0861. The second-order valence-electron chi connectivity index (χ2n) is 5.19. The van der Waals surface area contributed by atoms with Gasteiger partial charge in [-0.1, -0.05) is 36.4 Å². The minimum atomic E-state index is -3.85. The Kier molecular flexibility index (Phi) is 7.01. The first-order valence-corrected chi connectivity index (χ1v) is 10.1. The molecule has 0 aliphatic carbocycles. The lowest BCUT2D eigenvalue weighted by atomic mass is 10.1. The van der Waals surface area contributed by atoms with Crippen LogP contribution in [0, 0.1) is 3.57 Å². The molecule has 0 heterocycles. The van der Waals surface area contributed by atoms with E-state index in [9.17, 15) is 13.2 Å². The molecule has 0 spiro atoms. The van der Waals surface area contributed by atoms with Crippen LogP contribution >= 0.6 is 22.6 Å². The number of sulfonamides is 1. The average Bonchev–Trinajstić information content (AvgIpc) is 2.61. The normalized spacial score (nSPS) is 11.8. The highest BCUT2D eigenvalue weighted by Gasteiger charge is 2.19. The van der Waals surface area contributed by atoms with Crippen LogP contribution < -0.4 is 4.72 Å². The largest absolute Gasteiger partial charge is 0.464 e. The summed E-state index contributed by atoms with van der Waals surface area (Å²) < 4.78 is 32.8. The van der Waals surface area contributed by atoms with Crippen LogP contribution in [0.25, 0.3) is 0 Å².